The van der Waals surface area contributed by atoms with Crippen molar-refractivity contribution in [2.45, 2.75) is 39.0 Å². The molecule has 26 heavy (non-hydrogen) atoms. The number of ether oxygens (including phenoxy) is 3. The Morgan fingerprint density at radius 2 is 2.04 bits per heavy atom. The minimum Gasteiger partial charge on any atom is -0.464 e. The third kappa shape index (κ3) is 3.90. The van der Waals surface area contributed by atoms with Crippen molar-refractivity contribution in [1.29, 1.82) is 0 Å². The van der Waals surface area contributed by atoms with Crippen LogP contribution in [-0.2, 0) is 20.8 Å². The lowest BCUT2D eigenvalue weighted by atomic mass is 10.1. The molecule has 1 unspecified atom stereocenters. The third-order valence-corrected chi connectivity index (χ3v) is 4.34. The fourth-order valence-corrected chi connectivity index (χ4v) is 3.18. The summed E-state index contributed by atoms with van der Waals surface area (Å²) in [6, 6.07) is 3.55. The molecule has 1 aromatic heterocycles. The van der Waals surface area contributed by atoms with E-state index in [1.807, 2.05) is 26.8 Å². The van der Waals surface area contributed by atoms with Crippen LogP contribution in [0.1, 0.15) is 37.0 Å². The van der Waals surface area contributed by atoms with E-state index in [0.29, 0.717) is 38.5 Å². The van der Waals surface area contributed by atoms with Gasteiger partial charge in [-0.05, 0) is 32.9 Å². The summed E-state index contributed by atoms with van der Waals surface area (Å²) in [6.45, 7) is 8.10. The van der Waals surface area contributed by atoms with Gasteiger partial charge in [0.15, 0.2) is 0 Å². The molecule has 0 aromatic carbocycles. The van der Waals surface area contributed by atoms with E-state index in [2.05, 4.69) is 9.88 Å². The highest BCUT2D eigenvalue weighted by Crippen LogP contribution is 2.28. The molecular weight excluding hydrogens is 338 g/mol. The van der Waals surface area contributed by atoms with Gasteiger partial charge in [0.25, 0.3) is 0 Å². The molecule has 1 aromatic rings. The van der Waals surface area contributed by atoms with E-state index < -0.39 is 11.6 Å². The van der Waals surface area contributed by atoms with Crippen LogP contribution in [0.3, 0.4) is 0 Å². The third-order valence-electron chi connectivity index (χ3n) is 4.34. The number of fused-ring (bicyclic) bond motifs is 3. The van der Waals surface area contributed by atoms with Crippen LogP contribution in [0.5, 0.6) is 0 Å². The predicted octanol–water partition coefficient (Wildman–Crippen LogP) is 1.82. The van der Waals surface area contributed by atoms with Crippen molar-refractivity contribution >= 4 is 17.7 Å². The van der Waals surface area contributed by atoms with E-state index in [-0.39, 0.29) is 17.8 Å². The number of hydrogen-bond donors (Lipinski definition) is 0. The highest BCUT2D eigenvalue weighted by atomic mass is 16.6. The molecule has 8 nitrogen and oxygen atoms in total. The van der Waals surface area contributed by atoms with Gasteiger partial charge in [-0.25, -0.2) is 14.6 Å². The summed E-state index contributed by atoms with van der Waals surface area (Å²) < 4.78 is 16.0. The second kappa shape index (κ2) is 7.11. The molecular formula is C18H25N3O5. The van der Waals surface area contributed by atoms with E-state index in [9.17, 15) is 9.59 Å². The van der Waals surface area contributed by atoms with Crippen molar-refractivity contribution in [2.24, 2.45) is 0 Å². The molecule has 0 radical (unpaired) electrons. The Hall–Kier alpha value is -2.35. The highest BCUT2D eigenvalue weighted by Gasteiger charge is 2.35. The first-order chi connectivity index (χ1) is 12.3. The Morgan fingerprint density at radius 1 is 1.27 bits per heavy atom. The minimum absolute atomic E-state index is 0.0169. The number of methoxy groups -OCH3 is 1. The fourth-order valence-electron chi connectivity index (χ4n) is 3.18. The number of amides is 1. The van der Waals surface area contributed by atoms with Crippen molar-refractivity contribution in [1.82, 2.24) is 9.88 Å². The Kier molecular flexibility index (Phi) is 5.04. The van der Waals surface area contributed by atoms with Crippen LogP contribution < -0.4 is 4.90 Å². The highest BCUT2D eigenvalue weighted by molar-refractivity contribution is 5.87. The lowest BCUT2D eigenvalue weighted by Crippen LogP contribution is -2.57. The van der Waals surface area contributed by atoms with Gasteiger partial charge in [-0.1, -0.05) is 0 Å². The normalized spacial score (nSPS) is 19.9. The first-order valence-electron chi connectivity index (χ1n) is 8.69. The number of rotatable bonds is 1. The monoisotopic (exact) mass is 363 g/mol. The predicted molar refractivity (Wildman–Crippen MR) is 94.2 cm³/mol. The molecule has 8 heteroatoms. The van der Waals surface area contributed by atoms with Crippen LogP contribution in [0.15, 0.2) is 12.1 Å². The molecule has 2 aliphatic heterocycles. The summed E-state index contributed by atoms with van der Waals surface area (Å²) in [5.74, 6) is -0.469. The maximum atomic E-state index is 12.4. The summed E-state index contributed by atoms with van der Waals surface area (Å²) in [7, 11) is 1.33. The molecule has 3 heterocycles. The SMILES string of the molecule is COC(=O)c1ccc2c(n1)COCC1CN(C(=O)OC(C)(C)C)CCN21. The number of esters is 1. The molecule has 0 N–H and O–H groups in total. The Labute approximate surface area is 153 Å². The van der Waals surface area contributed by atoms with Crippen LogP contribution >= 0.6 is 0 Å². The summed E-state index contributed by atoms with van der Waals surface area (Å²) in [5.41, 5.74) is 1.39. The van der Waals surface area contributed by atoms with Crippen LogP contribution in [0.25, 0.3) is 0 Å². The molecule has 0 saturated carbocycles. The maximum Gasteiger partial charge on any atom is 0.410 e. The van der Waals surface area contributed by atoms with Crippen LogP contribution in [0.2, 0.25) is 0 Å². The smallest absolute Gasteiger partial charge is 0.410 e. The van der Waals surface area contributed by atoms with Crippen molar-refractivity contribution < 1.29 is 23.8 Å². The van der Waals surface area contributed by atoms with Crippen molar-refractivity contribution in [3.05, 3.63) is 23.5 Å². The van der Waals surface area contributed by atoms with Gasteiger partial charge < -0.3 is 24.0 Å². The van der Waals surface area contributed by atoms with Gasteiger partial charge in [-0.2, -0.15) is 0 Å². The first kappa shape index (κ1) is 18.4. The topological polar surface area (TPSA) is 81.2 Å². The Balaban J connectivity index is 1.77. The quantitative estimate of drug-likeness (QED) is 0.704. The summed E-state index contributed by atoms with van der Waals surface area (Å²) in [4.78, 5) is 32.4. The van der Waals surface area contributed by atoms with Gasteiger partial charge in [-0.3, -0.25) is 0 Å². The van der Waals surface area contributed by atoms with Crippen LogP contribution in [-0.4, -0.2) is 66.9 Å². The number of nitrogens with zero attached hydrogens (tertiary/aromatic N) is 3. The number of anilines is 1. The minimum atomic E-state index is -0.519. The summed E-state index contributed by atoms with van der Waals surface area (Å²) in [6.07, 6.45) is -0.305. The molecule has 0 bridgehead atoms. The lowest BCUT2D eigenvalue weighted by molar-refractivity contribution is 0.0171. The molecule has 1 saturated heterocycles. The van der Waals surface area contributed by atoms with E-state index in [4.69, 9.17) is 14.2 Å². The molecule has 0 spiro atoms. The standard InChI is InChI=1S/C18H25N3O5/c1-18(2,3)26-17(23)20-7-8-21-12(9-20)10-25-11-14-15(21)6-5-13(19-14)16(22)24-4/h5-6,12H,7-11H2,1-4H3. The number of hydrogen-bond acceptors (Lipinski definition) is 7. The van der Waals surface area contributed by atoms with Crippen molar-refractivity contribution in [3.63, 3.8) is 0 Å². The van der Waals surface area contributed by atoms with Gasteiger partial charge >= 0.3 is 12.1 Å². The number of aromatic nitrogens is 1. The molecule has 1 atom stereocenters. The van der Waals surface area contributed by atoms with Crippen molar-refractivity contribution in [3.8, 4) is 0 Å². The summed E-state index contributed by atoms with van der Waals surface area (Å²) >= 11 is 0. The first-order valence-corrected chi connectivity index (χ1v) is 8.69. The number of carbonyl (C=O) groups excluding carboxylic acids is 2. The Bertz CT molecular complexity index is 701. The number of piperazine rings is 1. The lowest BCUT2D eigenvalue weighted by Gasteiger charge is -2.41. The van der Waals surface area contributed by atoms with Crippen molar-refractivity contribution in [2.75, 3.05) is 38.3 Å². The molecule has 142 valence electrons. The van der Waals surface area contributed by atoms with E-state index >= 15 is 0 Å². The van der Waals surface area contributed by atoms with Gasteiger partial charge in [0, 0.05) is 19.6 Å². The van der Waals surface area contributed by atoms with Crippen LogP contribution in [0, 0.1) is 0 Å². The average molecular weight is 363 g/mol. The van der Waals surface area contributed by atoms with E-state index in [1.54, 1.807) is 11.0 Å². The summed E-state index contributed by atoms with van der Waals surface area (Å²) in [5, 5.41) is 0. The Morgan fingerprint density at radius 3 is 2.73 bits per heavy atom. The van der Waals surface area contributed by atoms with E-state index in [1.165, 1.54) is 7.11 Å². The molecule has 0 aliphatic carbocycles. The van der Waals surface area contributed by atoms with Gasteiger partial charge in [0.1, 0.15) is 11.3 Å². The fraction of sp³-hybridized carbons (Fsp3) is 0.611. The molecule has 3 rings (SSSR count). The second-order valence-electron chi connectivity index (χ2n) is 7.44. The molecule has 1 amide bonds. The van der Waals surface area contributed by atoms with Gasteiger partial charge in [-0.15, -0.1) is 0 Å². The zero-order valence-corrected chi connectivity index (χ0v) is 15.7. The van der Waals surface area contributed by atoms with Gasteiger partial charge in [0.05, 0.1) is 37.7 Å². The molecule has 2 aliphatic rings. The zero-order valence-electron chi connectivity index (χ0n) is 15.7. The average Bonchev–Trinajstić information content (AvgIpc) is 2.77. The number of carbonyl (C=O) groups is 2. The zero-order chi connectivity index (χ0) is 18.9. The largest absolute Gasteiger partial charge is 0.464 e. The van der Waals surface area contributed by atoms with Gasteiger partial charge in [0.2, 0.25) is 0 Å². The number of pyridine rings is 1. The second-order valence-corrected chi connectivity index (χ2v) is 7.44. The molecule has 1 fully saturated rings. The maximum absolute atomic E-state index is 12.4. The van der Waals surface area contributed by atoms with Crippen LogP contribution in [0.4, 0.5) is 10.5 Å². The van der Waals surface area contributed by atoms with E-state index in [0.717, 1.165) is 5.69 Å².